The molecule has 3 rings (SSSR count). The topological polar surface area (TPSA) is 130 Å². The Morgan fingerprint density at radius 3 is 2.68 bits per heavy atom. The van der Waals surface area contributed by atoms with Crippen molar-refractivity contribution in [3.63, 3.8) is 0 Å². The molecule has 2 atom stereocenters. The number of carbonyl (C=O) groups is 2. The van der Waals surface area contributed by atoms with E-state index in [-0.39, 0.29) is 25.1 Å². The Morgan fingerprint density at radius 2 is 2.06 bits per heavy atom. The molecular formula is C24H33N5O5. The first-order valence-electron chi connectivity index (χ1n) is 11.2. The minimum atomic E-state index is -0.577. The Balaban J connectivity index is 1.97. The summed E-state index contributed by atoms with van der Waals surface area (Å²) in [7, 11) is 1.32. The molecule has 10 heteroatoms. The van der Waals surface area contributed by atoms with Crippen molar-refractivity contribution < 1.29 is 24.2 Å². The first-order chi connectivity index (χ1) is 16.2. The summed E-state index contributed by atoms with van der Waals surface area (Å²) in [4.78, 5) is 32.7. The van der Waals surface area contributed by atoms with E-state index < -0.39 is 17.7 Å². The minimum absolute atomic E-state index is 0.0194. The van der Waals surface area contributed by atoms with Crippen LogP contribution in [0, 0.1) is 0 Å². The number of anilines is 2. The van der Waals surface area contributed by atoms with Gasteiger partial charge >= 0.3 is 12.2 Å². The Hall–Kier alpha value is -3.21. The van der Waals surface area contributed by atoms with E-state index in [1.165, 1.54) is 23.1 Å². The van der Waals surface area contributed by atoms with E-state index in [0.717, 1.165) is 5.56 Å². The molecule has 0 saturated carbocycles. The molecule has 1 aromatic carbocycles. The minimum Gasteiger partial charge on any atom is -0.452 e. The summed E-state index contributed by atoms with van der Waals surface area (Å²) in [6, 6.07) is 8.52. The standard InChI is InChI=1S/C24H33N5O5/c1-16-14-28(22(31)34-19-6-5-9-26-13-19)21-10-17(7-8-20(21)29(16)23(32)33-4)18(11-25)12-27-24(2,3)15-30/h5-10,13,16,18,27,30H,11-12,14-15,25H2,1-4H3/t16-,18?/m0/s1. The molecule has 0 radical (unpaired) electrons. The van der Waals surface area contributed by atoms with Crippen LogP contribution in [-0.4, -0.2) is 67.2 Å². The van der Waals surface area contributed by atoms with E-state index in [2.05, 4.69) is 10.3 Å². The fraction of sp³-hybridized carbons (Fsp3) is 0.458. The monoisotopic (exact) mass is 471 g/mol. The van der Waals surface area contributed by atoms with E-state index in [1.54, 1.807) is 24.4 Å². The van der Waals surface area contributed by atoms with Crippen LogP contribution < -0.4 is 25.6 Å². The van der Waals surface area contributed by atoms with Crippen LogP contribution in [-0.2, 0) is 4.74 Å². The van der Waals surface area contributed by atoms with Crippen LogP contribution in [0.25, 0.3) is 0 Å². The molecule has 2 heterocycles. The number of ether oxygens (including phenoxy) is 2. The highest BCUT2D eigenvalue weighted by Gasteiger charge is 2.37. The number of amides is 2. The average Bonchev–Trinajstić information content (AvgIpc) is 2.84. The smallest absolute Gasteiger partial charge is 0.419 e. The van der Waals surface area contributed by atoms with Gasteiger partial charge < -0.3 is 25.6 Å². The van der Waals surface area contributed by atoms with Gasteiger partial charge in [0.1, 0.15) is 0 Å². The highest BCUT2D eigenvalue weighted by atomic mass is 16.6. The summed E-state index contributed by atoms with van der Waals surface area (Å²) in [6.07, 6.45) is 1.97. The second kappa shape index (κ2) is 10.8. The quantitative estimate of drug-likeness (QED) is 0.561. The van der Waals surface area contributed by atoms with Crippen LogP contribution in [0.2, 0.25) is 0 Å². The van der Waals surface area contributed by atoms with Gasteiger partial charge in [0.2, 0.25) is 0 Å². The molecule has 2 amide bonds. The molecular weight excluding hydrogens is 438 g/mol. The number of nitrogens with two attached hydrogens (primary N) is 1. The summed E-state index contributed by atoms with van der Waals surface area (Å²) < 4.78 is 10.5. The zero-order chi connectivity index (χ0) is 24.9. The normalized spacial score (nSPS) is 16.6. The van der Waals surface area contributed by atoms with Gasteiger partial charge in [0.05, 0.1) is 43.9 Å². The number of nitrogens with one attached hydrogen (secondary N) is 1. The lowest BCUT2D eigenvalue weighted by atomic mass is 9.95. The van der Waals surface area contributed by atoms with Crippen LogP contribution in [0.15, 0.2) is 42.7 Å². The van der Waals surface area contributed by atoms with Gasteiger partial charge in [-0.3, -0.25) is 14.8 Å². The van der Waals surface area contributed by atoms with Crippen molar-refractivity contribution in [1.82, 2.24) is 10.3 Å². The number of pyridine rings is 1. The summed E-state index contributed by atoms with van der Waals surface area (Å²) >= 11 is 0. The van der Waals surface area contributed by atoms with Crippen molar-refractivity contribution in [2.75, 3.05) is 43.2 Å². The lowest BCUT2D eigenvalue weighted by Gasteiger charge is -2.40. The number of rotatable bonds is 7. The van der Waals surface area contributed by atoms with E-state index in [1.807, 2.05) is 32.9 Å². The second-order valence-corrected chi connectivity index (χ2v) is 8.96. The summed E-state index contributed by atoms with van der Waals surface area (Å²) in [5, 5.41) is 12.9. The third-order valence-electron chi connectivity index (χ3n) is 5.85. The number of benzene rings is 1. The van der Waals surface area contributed by atoms with Gasteiger partial charge in [0, 0.05) is 30.7 Å². The summed E-state index contributed by atoms with van der Waals surface area (Å²) in [5.74, 6) is 0.238. The maximum atomic E-state index is 13.1. The first kappa shape index (κ1) is 25.4. The second-order valence-electron chi connectivity index (χ2n) is 8.96. The number of carbonyl (C=O) groups excluding carboxylic acids is 2. The lowest BCUT2D eigenvalue weighted by molar-refractivity contribution is 0.175. The van der Waals surface area contributed by atoms with E-state index >= 15 is 0 Å². The predicted molar refractivity (Wildman–Crippen MR) is 129 cm³/mol. The van der Waals surface area contributed by atoms with Crippen molar-refractivity contribution in [2.24, 2.45) is 5.73 Å². The molecule has 1 aliphatic rings. The van der Waals surface area contributed by atoms with Crippen LogP contribution in [0.5, 0.6) is 5.75 Å². The van der Waals surface area contributed by atoms with Gasteiger partial charge in [0.15, 0.2) is 5.75 Å². The molecule has 34 heavy (non-hydrogen) atoms. The Bertz CT molecular complexity index is 1000. The zero-order valence-corrected chi connectivity index (χ0v) is 20.0. The molecule has 1 unspecified atom stereocenters. The van der Waals surface area contributed by atoms with Crippen molar-refractivity contribution in [1.29, 1.82) is 0 Å². The Morgan fingerprint density at radius 1 is 1.29 bits per heavy atom. The van der Waals surface area contributed by atoms with Gasteiger partial charge in [-0.2, -0.15) is 0 Å². The molecule has 184 valence electrons. The number of aliphatic hydroxyl groups is 1. The molecule has 1 aromatic heterocycles. The largest absolute Gasteiger partial charge is 0.452 e. The van der Waals surface area contributed by atoms with Gasteiger partial charge in [-0.15, -0.1) is 0 Å². The molecule has 0 fully saturated rings. The molecule has 10 nitrogen and oxygen atoms in total. The van der Waals surface area contributed by atoms with Gasteiger partial charge in [-0.1, -0.05) is 6.07 Å². The molecule has 2 aromatic rings. The predicted octanol–water partition coefficient (Wildman–Crippen LogP) is 2.46. The highest BCUT2D eigenvalue weighted by Crippen LogP contribution is 2.38. The number of methoxy groups -OCH3 is 1. The first-order valence-corrected chi connectivity index (χ1v) is 11.2. The maximum absolute atomic E-state index is 13.1. The van der Waals surface area contributed by atoms with Gasteiger partial charge in [-0.25, -0.2) is 9.59 Å². The number of hydrogen-bond acceptors (Lipinski definition) is 8. The van der Waals surface area contributed by atoms with Crippen LogP contribution in [0.4, 0.5) is 21.0 Å². The third kappa shape index (κ3) is 5.64. The fourth-order valence-electron chi connectivity index (χ4n) is 3.80. The third-order valence-corrected chi connectivity index (χ3v) is 5.85. The molecule has 4 N–H and O–H groups in total. The molecule has 0 aliphatic carbocycles. The lowest BCUT2D eigenvalue weighted by Crippen LogP contribution is -2.52. The van der Waals surface area contributed by atoms with Crippen molar-refractivity contribution in [3.8, 4) is 5.75 Å². The van der Waals surface area contributed by atoms with Crippen LogP contribution in [0.3, 0.4) is 0 Å². The Kier molecular flexibility index (Phi) is 8.08. The summed E-state index contributed by atoms with van der Waals surface area (Å²) in [5.41, 5.74) is 7.56. The van der Waals surface area contributed by atoms with Crippen LogP contribution >= 0.6 is 0 Å². The molecule has 0 saturated heterocycles. The number of nitrogens with zero attached hydrogens (tertiary/aromatic N) is 3. The van der Waals surface area contributed by atoms with E-state index in [4.69, 9.17) is 15.2 Å². The molecule has 0 spiro atoms. The molecule has 0 bridgehead atoms. The number of aliphatic hydroxyl groups excluding tert-OH is 1. The fourth-order valence-corrected chi connectivity index (χ4v) is 3.80. The van der Waals surface area contributed by atoms with Crippen molar-refractivity contribution in [3.05, 3.63) is 48.3 Å². The average molecular weight is 472 g/mol. The molecule has 1 aliphatic heterocycles. The number of hydrogen-bond donors (Lipinski definition) is 3. The van der Waals surface area contributed by atoms with Crippen molar-refractivity contribution in [2.45, 2.75) is 38.3 Å². The maximum Gasteiger partial charge on any atom is 0.419 e. The van der Waals surface area contributed by atoms with Crippen molar-refractivity contribution >= 4 is 23.6 Å². The van der Waals surface area contributed by atoms with Gasteiger partial charge in [0.25, 0.3) is 0 Å². The number of aromatic nitrogens is 1. The Labute approximate surface area is 199 Å². The van der Waals surface area contributed by atoms with Gasteiger partial charge in [-0.05, 0) is 50.6 Å². The zero-order valence-electron chi connectivity index (χ0n) is 20.0. The number of fused-ring (bicyclic) bond motifs is 1. The van der Waals surface area contributed by atoms with E-state index in [9.17, 15) is 14.7 Å². The SMILES string of the molecule is COC(=O)N1c2ccc(C(CN)CNC(C)(C)CO)cc2N(C(=O)Oc2cccnc2)C[C@@H]1C. The summed E-state index contributed by atoms with van der Waals surface area (Å²) in [6.45, 7) is 6.72. The van der Waals surface area contributed by atoms with Crippen LogP contribution in [0.1, 0.15) is 32.3 Å². The van der Waals surface area contributed by atoms with E-state index in [0.29, 0.717) is 30.2 Å². The highest BCUT2D eigenvalue weighted by molar-refractivity contribution is 6.01.